The van der Waals surface area contributed by atoms with Gasteiger partial charge in [-0.2, -0.15) is 4.98 Å². The molecule has 1 aliphatic rings. The fraction of sp³-hybridized carbons (Fsp3) is 0.435. The summed E-state index contributed by atoms with van der Waals surface area (Å²) >= 11 is 0. The minimum atomic E-state index is 0.0562. The van der Waals surface area contributed by atoms with Crippen molar-refractivity contribution in [1.82, 2.24) is 15.3 Å². The third-order valence-electron chi connectivity index (χ3n) is 5.74. The van der Waals surface area contributed by atoms with Crippen LogP contribution in [-0.4, -0.2) is 36.1 Å². The number of hydrogen-bond donors (Lipinski definition) is 2. The SMILES string of the molecule is Cc1ccc2occ(CN[C@H]3CC[C@@H](Nc4nccc(N(C)C)n4)CC3)c(=O)c2c1. The van der Waals surface area contributed by atoms with Gasteiger partial charge in [0.05, 0.1) is 11.6 Å². The average Bonchev–Trinajstić information content (AvgIpc) is 2.75. The van der Waals surface area contributed by atoms with Crippen molar-refractivity contribution in [1.29, 1.82) is 0 Å². The smallest absolute Gasteiger partial charge is 0.224 e. The molecule has 1 saturated carbocycles. The van der Waals surface area contributed by atoms with Gasteiger partial charge in [-0.25, -0.2) is 4.98 Å². The number of nitrogens with zero attached hydrogens (tertiary/aromatic N) is 3. The van der Waals surface area contributed by atoms with Crippen molar-refractivity contribution in [3.05, 3.63) is 58.1 Å². The van der Waals surface area contributed by atoms with Gasteiger partial charge in [0.25, 0.3) is 0 Å². The van der Waals surface area contributed by atoms with Crippen molar-refractivity contribution >= 4 is 22.7 Å². The molecule has 0 atom stereocenters. The maximum Gasteiger partial charge on any atom is 0.224 e. The molecule has 0 radical (unpaired) electrons. The highest BCUT2D eigenvalue weighted by Gasteiger charge is 2.22. The molecule has 0 bridgehead atoms. The molecule has 7 heteroatoms. The number of aryl methyl sites for hydroxylation is 1. The summed E-state index contributed by atoms with van der Waals surface area (Å²) in [5, 5.41) is 7.66. The molecule has 2 heterocycles. The Bertz CT molecular complexity index is 1070. The molecule has 7 nitrogen and oxygen atoms in total. The van der Waals surface area contributed by atoms with Crippen LogP contribution in [0.15, 0.2) is 45.9 Å². The molecule has 2 N–H and O–H groups in total. The third kappa shape index (κ3) is 4.62. The highest BCUT2D eigenvalue weighted by molar-refractivity contribution is 5.77. The van der Waals surface area contributed by atoms with E-state index in [1.807, 2.05) is 50.2 Å². The fourth-order valence-electron chi connectivity index (χ4n) is 3.95. The Morgan fingerprint density at radius 1 is 1.13 bits per heavy atom. The van der Waals surface area contributed by atoms with Crippen LogP contribution in [0.4, 0.5) is 11.8 Å². The van der Waals surface area contributed by atoms with E-state index >= 15 is 0 Å². The van der Waals surface area contributed by atoms with Gasteiger partial charge >= 0.3 is 0 Å². The van der Waals surface area contributed by atoms with Crippen LogP contribution in [0.5, 0.6) is 0 Å². The van der Waals surface area contributed by atoms with Crippen molar-refractivity contribution in [2.24, 2.45) is 0 Å². The van der Waals surface area contributed by atoms with Crippen LogP contribution in [0.1, 0.15) is 36.8 Å². The summed E-state index contributed by atoms with van der Waals surface area (Å²) in [4.78, 5) is 23.6. The van der Waals surface area contributed by atoms with Crippen molar-refractivity contribution in [3.8, 4) is 0 Å². The molecule has 158 valence electrons. The van der Waals surface area contributed by atoms with Gasteiger partial charge in [0.2, 0.25) is 5.95 Å². The normalized spacial score (nSPS) is 19.0. The van der Waals surface area contributed by atoms with Crippen LogP contribution in [0.25, 0.3) is 11.0 Å². The Kier molecular flexibility index (Phi) is 5.99. The number of fused-ring (bicyclic) bond motifs is 1. The van der Waals surface area contributed by atoms with Gasteiger partial charge in [0.15, 0.2) is 5.43 Å². The maximum atomic E-state index is 12.8. The van der Waals surface area contributed by atoms with Crippen LogP contribution in [0.2, 0.25) is 0 Å². The van der Waals surface area contributed by atoms with Gasteiger partial charge in [-0.1, -0.05) is 11.6 Å². The van der Waals surface area contributed by atoms with Crippen molar-refractivity contribution in [2.75, 3.05) is 24.3 Å². The Morgan fingerprint density at radius 3 is 2.67 bits per heavy atom. The molecule has 0 spiro atoms. The summed E-state index contributed by atoms with van der Waals surface area (Å²) in [6.07, 6.45) is 7.55. The lowest BCUT2D eigenvalue weighted by Crippen LogP contribution is -2.37. The van der Waals surface area contributed by atoms with Gasteiger partial charge in [-0.05, 0) is 50.8 Å². The van der Waals surface area contributed by atoms with Crippen LogP contribution in [0, 0.1) is 6.92 Å². The van der Waals surface area contributed by atoms with Crippen molar-refractivity contribution < 1.29 is 4.42 Å². The van der Waals surface area contributed by atoms with Gasteiger partial charge in [-0.15, -0.1) is 0 Å². The second kappa shape index (κ2) is 8.83. The summed E-state index contributed by atoms with van der Waals surface area (Å²) < 4.78 is 5.66. The van der Waals surface area contributed by atoms with E-state index in [1.165, 1.54) is 0 Å². The number of rotatable bonds is 6. The number of benzene rings is 1. The first kappa shape index (κ1) is 20.3. The quantitative estimate of drug-likeness (QED) is 0.647. The third-order valence-corrected chi connectivity index (χ3v) is 5.74. The van der Waals surface area contributed by atoms with Gasteiger partial charge < -0.3 is 20.0 Å². The number of anilines is 2. The van der Waals surface area contributed by atoms with Crippen LogP contribution >= 0.6 is 0 Å². The zero-order valence-corrected chi connectivity index (χ0v) is 17.8. The summed E-state index contributed by atoms with van der Waals surface area (Å²) in [7, 11) is 3.95. The van der Waals surface area contributed by atoms with E-state index in [9.17, 15) is 4.79 Å². The zero-order valence-electron chi connectivity index (χ0n) is 17.8. The first-order chi connectivity index (χ1) is 14.5. The molecule has 3 aromatic rings. The highest BCUT2D eigenvalue weighted by Crippen LogP contribution is 2.22. The summed E-state index contributed by atoms with van der Waals surface area (Å²) in [5.74, 6) is 1.58. The molecule has 0 aliphatic heterocycles. The van der Waals surface area contributed by atoms with Gasteiger partial charge in [0.1, 0.15) is 11.4 Å². The monoisotopic (exact) mass is 407 g/mol. The van der Waals surface area contributed by atoms with Crippen molar-refractivity contribution in [2.45, 2.75) is 51.2 Å². The van der Waals surface area contributed by atoms with Gasteiger partial charge in [0, 0.05) is 44.5 Å². The Balaban J connectivity index is 1.31. The van der Waals surface area contributed by atoms with E-state index in [2.05, 4.69) is 20.6 Å². The summed E-state index contributed by atoms with van der Waals surface area (Å²) in [6.45, 7) is 2.51. The molecular weight excluding hydrogens is 378 g/mol. The summed E-state index contributed by atoms with van der Waals surface area (Å²) in [6, 6.07) is 8.37. The van der Waals surface area contributed by atoms with Crippen LogP contribution in [0.3, 0.4) is 0 Å². The predicted octanol–water partition coefficient (Wildman–Crippen LogP) is 3.47. The van der Waals surface area contributed by atoms with Crippen LogP contribution < -0.4 is 21.0 Å². The standard InChI is InChI=1S/C23H29N5O2/c1-15-4-9-20-19(12-15)22(29)16(14-30-20)13-25-17-5-7-18(8-6-17)26-23-24-11-10-21(27-23)28(2)3/h4,9-12,14,17-18,25H,5-8,13H2,1-3H3,(H,24,26,27)/t17-,18+. The number of aromatic nitrogens is 2. The molecule has 30 heavy (non-hydrogen) atoms. The second-order valence-corrected chi connectivity index (χ2v) is 8.30. The summed E-state index contributed by atoms with van der Waals surface area (Å²) in [5.41, 5.74) is 2.44. The maximum absolute atomic E-state index is 12.8. The second-order valence-electron chi connectivity index (χ2n) is 8.30. The lowest BCUT2D eigenvalue weighted by atomic mass is 9.91. The zero-order chi connectivity index (χ0) is 21.1. The molecule has 0 unspecified atom stereocenters. The van der Waals surface area contributed by atoms with E-state index < -0.39 is 0 Å². The number of nitrogens with one attached hydrogen (secondary N) is 2. The Labute approximate surface area is 176 Å². The van der Waals surface area contributed by atoms with E-state index in [4.69, 9.17) is 4.42 Å². The van der Waals surface area contributed by atoms with E-state index in [-0.39, 0.29) is 5.43 Å². The molecule has 4 rings (SSSR count). The van der Waals surface area contributed by atoms with E-state index in [0.29, 0.717) is 41.1 Å². The highest BCUT2D eigenvalue weighted by atomic mass is 16.3. The van der Waals surface area contributed by atoms with Crippen molar-refractivity contribution in [3.63, 3.8) is 0 Å². The van der Waals surface area contributed by atoms with E-state index in [0.717, 1.165) is 37.1 Å². The minimum absolute atomic E-state index is 0.0562. The first-order valence-corrected chi connectivity index (χ1v) is 10.5. The first-order valence-electron chi connectivity index (χ1n) is 10.5. The lowest BCUT2D eigenvalue weighted by molar-refractivity contribution is 0.351. The minimum Gasteiger partial charge on any atom is -0.464 e. The Morgan fingerprint density at radius 2 is 1.90 bits per heavy atom. The Hall–Kier alpha value is -2.93. The fourth-order valence-corrected chi connectivity index (χ4v) is 3.95. The largest absolute Gasteiger partial charge is 0.464 e. The van der Waals surface area contributed by atoms with Crippen LogP contribution in [-0.2, 0) is 6.54 Å². The lowest BCUT2D eigenvalue weighted by Gasteiger charge is -2.30. The van der Waals surface area contributed by atoms with Gasteiger partial charge in [-0.3, -0.25) is 4.79 Å². The molecular formula is C23H29N5O2. The molecule has 1 aliphatic carbocycles. The predicted molar refractivity (Wildman–Crippen MR) is 120 cm³/mol. The molecule has 2 aromatic heterocycles. The topological polar surface area (TPSA) is 83.3 Å². The molecule has 0 amide bonds. The molecule has 1 aromatic carbocycles. The average molecular weight is 408 g/mol. The number of hydrogen-bond acceptors (Lipinski definition) is 7. The van der Waals surface area contributed by atoms with E-state index in [1.54, 1.807) is 12.5 Å². The molecule has 1 fully saturated rings. The molecule has 0 saturated heterocycles.